The smallest absolute Gasteiger partial charge is 0.312 e. The SMILES string of the molecule is CC1=CC(=O)C(Br)=C(C)/C1=N/OC(=O)c1ccccc1. The van der Waals surface area contributed by atoms with Crippen molar-refractivity contribution in [3.8, 4) is 0 Å². The molecule has 5 heteroatoms. The first-order valence-corrected chi connectivity index (χ1v) is 6.74. The second kappa shape index (κ2) is 5.96. The normalized spacial score (nSPS) is 17.2. The molecule has 0 unspecified atom stereocenters. The molecular formula is C15H12BrNO3. The topological polar surface area (TPSA) is 55.7 Å². The number of hydrogen-bond donors (Lipinski definition) is 0. The van der Waals surface area contributed by atoms with Gasteiger partial charge in [0.05, 0.1) is 10.0 Å². The molecule has 0 spiro atoms. The third-order valence-electron chi connectivity index (χ3n) is 2.85. The molecule has 0 saturated heterocycles. The minimum atomic E-state index is -0.535. The molecule has 20 heavy (non-hydrogen) atoms. The summed E-state index contributed by atoms with van der Waals surface area (Å²) in [5.74, 6) is -0.653. The van der Waals surface area contributed by atoms with Crippen LogP contribution in [0.25, 0.3) is 0 Å². The van der Waals surface area contributed by atoms with E-state index in [0.717, 1.165) is 0 Å². The highest BCUT2D eigenvalue weighted by Crippen LogP contribution is 2.24. The van der Waals surface area contributed by atoms with Crippen molar-refractivity contribution in [1.29, 1.82) is 0 Å². The molecule has 4 nitrogen and oxygen atoms in total. The van der Waals surface area contributed by atoms with Gasteiger partial charge in [0.25, 0.3) is 0 Å². The molecule has 0 heterocycles. The first-order valence-electron chi connectivity index (χ1n) is 5.95. The molecule has 0 atom stereocenters. The maximum atomic E-state index is 11.8. The van der Waals surface area contributed by atoms with E-state index in [4.69, 9.17) is 4.84 Å². The number of carbonyl (C=O) groups excluding carboxylic acids is 2. The minimum Gasteiger partial charge on any atom is -0.312 e. The van der Waals surface area contributed by atoms with E-state index < -0.39 is 5.97 Å². The van der Waals surface area contributed by atoms with Crippen LogP contribution in [-0.4, -0.2) is 17.5 Å². The summed E-state index contributed by atoms with van der Waals surface area (Å²) in [5, 5.41) is 3.87. The van der Waals surface area contributed by atoms with Gasteiger partial charge in [0.15, 0.2) is 5.78 Å². The van der Waals surface area contributed by atoms with Crippen LogP contribution in [0.15, 0.2) is 57.2 Å². The molecule has 0 aromatic heterocycles. The van der Waals surface area contributed by atoms with Crippen molar-refractivity contribution in [2.75, 3.05) is 0 Å². The number of hydrogen-bond acceptors (Lipinski definition) is 4. The number of halogens is 1. The molecule has 2 rings (SSSR count). The summed E-state index contributed by atoms with van der Waals surface area (Å²) in [5.41, 5.74) is 2.22. The summed E-state index contributed by atoms with van der Waals surface area (Å²) < 4.78 is 0.428. The van der Waals surface area contributed by atoms with Gasteiger partial charge >= 0.3 is 5.97 Å². The van der Waals surface area contributed by atoms with Gasteiger partial charge in [0.1, 0.15) is 5.71 Å². The summed E-state index contributed by atoms with van der Waals surface area (Å²) >= 11 is 3.20. The summed E-state index contributed by atoms with van der Waals surface area (Å²) in [7, 11) is 0. The van der Waals surface area contributed by atoms with Crippen LogP contribution in [0, 0.1) is 0 Å². The van der Waals surface area contributed by atoms with Crippen LogP contribution < -0.4 is 0 Å². The number of benzene rings is 1. The standard InChI is InChI=1S/C15H12BrNO3/c1-9-8-12(18)13(16)10(2)14(9)17-20-15(19)11-6-4-3-5-7-11/h3-8H,1-2H3/b17-14+. The third-order valence-corrected chi connectivity index (χ3v) is 3.84. The number of nitrogens with zero attached hydrogens (tertiary/aromatic N) is 1. The zero-order chi connectivity index (χ0) is 14.7. The van der Waals surface area contributed by atoms with E-state index in [0.29, 0.717) is 26.9 Å². The van der Waals surface area contributed by atoms with Gasteiger partial charge in [-0.05, 0) is 59.1 Å². The van der Waals surface area contributed by atoms with Crippen molar-refractivity contribution in [3.05, 3.63) is 57.6 Å². The van der Waals surface area contributed by atoms with Gasteiger partial charge in [-0.3, -0.25) is 4.79 Å². The molecule has 1 aromatic rings. The lowest BCUT2D eigenvalue weighted by atomic mass is 9.98. The minimum absolute atomic E-state index is 0.117. The largest absolute Gasteiger partial charge is 0.365 e. The molecule has 0 aliphatic heterocycles. The maximum absolute atomic E-state index is 11.8. The molecule has 0 amide bonds. The van der Waals surface area contributed by atoms with E-state index in [1.54, 1.807) is 38.1 Å². The van der Waals surface area contributed by atoms with Crippen molar-refractivity contribution in [2.24, 2.45) is 5.16 Å². The van der Waals surface area contributed by atoms with Crippen LogP contribution in [0.1, 0.15) is 24.2 Å². The van der Waals surface area contributed by atoms with Gasteiger partial charge in [-0.1, -0.05) is 23.4 Å². The number of oxime groups is 1. The summed E-state index contributed by atoms with van der Waals surface area (Å²) in [4.78, 5) is 28.3. The Morgan fingerprint density at radius 2 is 1.85 bits per heavy atom. The second-order valence-electron chi connectivity index (χ2n) is 4.32. The highest BCUT2D eigenvalue weighted by atomic mass is 79.9. The molecule has 1 aliphatic rings. The molecule has 0 fully saturated rings. The molecule has 0 N–H and O–H groups in total. The van der Waals surface area contributed by atoms with Crippen LogP contribution in [-0.2, 0) is 9.63 Å². The lowest BCUT2D eigenvalue weighted by Crippen LogP contribution is -2.15. The molecule has 1 aromatic carbocycles. The molecule has 102 valence electrons. The van der Waals surface area contributed by atoms with Crippen LogP contribution >= 0.6 is 15.9 Å². The van der Waals surface area contributed by atoms with Crippen LogP contribution in [0.3, 0.4) is 0 Å². The van der Waals surface area contributed by atoms with Crippen molar-refractivity contribution >= 4 is 33.4 Å². The fraction of sp³-hybridized carbons (Fsp3) is 0.133. The Kier molecular flexibility index (Phi) is 4.29. The lowest BCUT2D eigenvalue weighted by Gasteiger charge is -2.13. The quantitative estimate of drug-likeness (QED) is 0.473. The van der Waals surface area contributed by atoms with Crippen LogP contribution in [0.4, 0.5) is 0 Å². The Hall–Kier alpha value is -2.01. The van der Waals surface area contributed by atoms with Crippen molar-refractivity contribution in [2.45, 2.75) is 13.8 Å². The van der Waals surface area contributed by atoms with Gasteiger partial charge < -0.3 is 4.84 Å². The Labute approximate surface area is 124 Å². The lowest BCUT2D eigenvalue weighted by molar-refractivity contribution is -0.110. The summed E-state index contributed by atoms with van der Waals surface area (Å²) in [6.45, 7) is 3.49. The monoisotopic (exact) mass is 333 g/mol. The van der Waals surface area contributed by atoms with E-state index in [9.17, 15) is 9.59 Å². The number of rotatable bonds is 2. The van der Waals surface area contributed by atoms with Crippen LogP contribution in [0.5, 0.6) is 0 Å². The molecular weight excluding hydrogens is 322 g/mol. The van der Waals surface area contributed by atoms with Crippen molar-refractivity contribution < 1.29 is 14.4 Å². The highest BCUT2D eigenvalue weighted by Gasteiger charge is 2.21. The number of allylic oxidation sites excluding steroid dienone is 4. The van der Waals surface area contributed by atoms with E-state index in [2.05, 4.69) is 21.1 Å². The van der Waals surface area contributed by atoms with E-state index in [-0.39, 0.29) is 5.78 Å². The van der Waals surface area contributed by atoms with Gasteiger partial charge in [-0.15, -0.1) is 0 Å². The Morgan fingerprint density at radius 3 is 2.50 bits per heavy atom. The first kappa shape index (κ1) is 14.4. The Balaban J connectivity index is 2.22. The molecule has 0 bridgehead atoms. The predicted octanol–water partition coefficient (Wildman–Crippen LogP) is 3.40. The van der Waals surface area contributed by atoms with Crippen molar-refractivity contribution in [3.63, 3.8) is 0 Å². The number of carbonyl (C=O) groups is 2. The first-order chi connectivity index (χ1) is 9.50. The van der Waals surface area contributed by atoms with Crippen LogP contribution in [0.2, 0.25) is 0 Å². The predicted molar refractivity (Wildman–Crippen MR) is 79.7 cm³/mol. The van der Waals surface area contributed by atoms with Gasteiger partial charge in [-0.25, -0.2) is 4.79 Å². The van der Waals surface area contributed by atoms with E-state index >= 15 is 0 Å². The third kappa shape index (κ3) is 2.93. The van der Waals surface area contributed by atoms with E-state index in [1.165, 1.54) is 6.08 Å². The Bertz CT molecular complexity index is 657. The molecule has 1 aliphatic carbocycles. The Morgan fingerprint density at radius 1 is 1.20 bits per heavy atom. The van der Waals surface area contributed by atoms with Gasteiger partial charge in [-0.2, -0.15) is 0 Å². The highest BCUT2D eigenvalue weighted by molar-refractivity contribution is 9.12. The van der Waals surface area contributed by atoms with E-state index in [1.807, 2.05) is 6.07 Å². The second-order valence-corrected chi connectivity index (χ2v) is 5.11. The number of ketones is 1. The molecule has 0 radical (unpaired) electrons. The summed E-state index contributed by atoms with van der Waals surface area (Å²) in [6.07, 6.45) is 1.45. The molecule has 0 saturated carbocycles. The van der Waals surface area contributed by atoms with Crippen molar-refractivity contribution in [1.82, 2.24) is 0 Å². The van der Waals surface area contributed by atoms with Gasteiger partial charge in [0.2, 0.25) is 0 Å². The summed E-state index contributed by atoms with van der Waals surface area (Å²) in [6, 6.07) is 8.60. The average molecular weight is 334 g/mol. The zero-order valence-electron chi connectivity index (χ0n) is 11.0. The fourth-order valence-corrected chi connectivity index (χ4v) is 2.07. The van der Waals surface area contributed by atoms with Gasteiger partial charge in [0, 0.05) is 0 Å². The average Bonchev–Trinajstić information content (AvgIpc) is 2.45. The maximum Gasteiger partial charge on any atom is 0.365 e. The zero-order valence-corrected chi connectivity index (χ0v) is 12.6. The fourth-order valence-electron chi connectivity index (χ4n) is 1.77.